The molecule has 0 saturated carbocycles. The Bertz CT molecular complexity index is 470. The van der Waals surface area contributed by atoms with E-state index in [0.717, 1.165) is 19.5 Å². The Morgan fingerprint density at radius 3 is 2.68 bits per heavy atom. The van der Waals surface area contributed by atoms with Gasteiger partial charge in [0.1, 0.15) is 0 Å². The third-order valence-corrected chi connectivity index (χ3v) is 4.16. The van der Waals surface area contributed by atoms with Gasteiger partial charge in [-0.05, 0) is 50.6 Å². The van der Waals surface area contributed by atoms with Crippen LogP contribution in [0.1, 0.15) is 36.0 Å². The van der Waals surface area contributed by atoms with E-state index in [0.29, 0.717) is 5.92 Å². The van der Waals surface area contributed by atoms with Crippen molar-refractivity contribution in [3.05, 3.63) is 34.9 Å². The molecule has 2 unspecified atom stereocenters. The van der Waals surface area contributed by atoms with Crippen LogP contribution in [0.4, 0.5) is 0 Å². The Morgan fingerprint density at radius 2 is 2.05 bits per heavy atom. The van der Waals surface area contributed by atoms with Crippen molar-refractivity contribution < 1.29 is 4.79 Å². The molecule has 1 amide bonds. The van der Waals surface area contributed by atoms with Gasteiger partial charge in [0.25, 0.3) is 0 Å². The minimum atomic E-state index is 0.0726. The number of rotatable bonds is 2. The van der Waals surface area contributed by atoms with Crippen molar-refractivity contribution in [1.29, 1.82) is 0 Å². The zero-order valence-electron chi connectivity index (χ0n) is 12.4. The number of likely N-dealkylation sites (N-methyl/N-ethyl adjacent to an activating group) is 1. The number of nitrogens with zero attached hydrogens (tertiary/aromatic N) is 1. The molecule has 2 rings (SSSR count). The predicted molar refractivity (Wildman–Crippen MR) is 78.4 cm³/mol. The number of piperidine rings is 1. The smallest absolute Gasteiger partial charge is 0.217 e. The molecule has 19 heavy (non-hydrogen) atoms. The minimum Gasteiger partial charge on any atom is -0.353 e. The van der Waals surface area contributed by atoms with Gasteiger partial charge in [0.2, 0.25) is 5.91 Å². The number of carbonyl (C=O) groups is 1. The summed E-state index contributed by atoms with van der Waals surface area (Å²) in [5.41, 5.74) is 3.99. The molecule has 1 saturated heterocycles. The van der Waals surface area contributed by atoms with E-state index in [1.54, 1.807) is 6.92 Å². The molecule has 0 aliphatic carbocycles. The van der Waals surface area contributed by atoms with Gasteiger partial charge in [0, 0.05) is 25.4 Å². The van der Waals surface area contributed by atoms with Crippen LogP contribution in [0.25, 0.3) is 0 Å². The van der Waals surface area contributed by atoms with Gasteiger partial charge in [-0.3, -0.25) is 4.79 Å². The van der Waals surface area contributed by atoms with E-state index < -0.39 is 0 Å². The van der Waals surface area contributed by atoms with Crippen molar-refractivity contribution >= 4 is 5.91 Å². The Kier molecular flexibility index (Phi) is 4.25. The van der Waals surface area contributed by atoms with Gasteiger partial charge in [0.15, 0.2) is 0 Å². The topological polar surface area (TPSA) is 32.3 Å². The predicted octanol–water partition coefficient (Wildman–Crippen LogP) is 2.23. The summed E-state index contributed by atoms with van der Waals surface area (Å²) < 4.78 is 0. The molecule has 1 aromatic rings. The van der Waals surface area contributed by atoms with Crippen molar-refractivity contribution in [2.75, 3.05) is 20.1 Å². The van der Waals surface area contributed by atoms with Crippen molar-refractivity contribution in [2.24, 2.45) is 0 Å². The first-order valence-corrected chi connectivity index (χ1v) is 7.00. The van der Waals surface area contributed by atoms with E-state index >= 15 is 0 Å². The third-order valence-electron chi connectivity index (χ3n) is 4.16. The average Bonchev–Trinajstić information content (AvgIpc) is 2.34. The SMILES string of the molecule is CC(=O)NC1CCN(C)CC1c1ccc(C)c(C)c1. The van der Waals surface area contributed by atoms with E-state index in [9.17, 15) is 4.79 Å². The molecule has 0 radical (unpaired) electrons. The lowest BCUT2D eigenvalue weighted by atomic mass is 9.85. The Labute approximate surface area is 116 Å². The van der Waals surface area contributed by atoms with Crippen LogP contribution in [0.5, 0.6) is 0 Å². The summed E-state index contributed by atoms with van der Waals surface area (Å²) in [5, 5.41) is 3.12. The van der Waals surface area contributed by atoms with E-state index in [2.05, 4.69) is 49.3 Å². The highest BCUT2D eigenvalue weighted by atomic mass is 16.1. The summed E-state index contributed by atoms with van der Waals surface area (Å²) in [6, 6.07) is 6.93. The van der Waals surface area contributed by atoms with Gasteiger partial charge in [-0.15, -0.1) is 0 Å². The summed E-state index contributed by atoms with van der Waals surface area (Å²) in [6.07, 6.45) is 1.02. The molecule has 0 spiro atoms. The van der Waals surface area contributed by atoms with Gasteiger partial charge in [-0.1, -0.05) is 18.2 Å². The third kappa shape index (κ3) is 3.35. The molecule has 1 aromatic carbocycles. The van der Waals surface area contributed by atoms with Gasteiger partial charge in [-0.2, -0.15) is 0 Å². The number of carbonyl (C=O) groups excluding carboxylic acids is 1. The summed E-state index contributed by atoms with van der Waals surface area (Å²) in [4.78, 5) is 13.7. The number of hydrogen-bond acceptors (Lipinski definition) is 2. The van der Waals surface area contributed by atoms with E-state index in [1.165, 1.54) is 16.7 Å². The van der Waals surface area contributed by atoms with Crippen molar-refractivity contribution in [3.8, 4) is 0 Å². The molecule has 1 aliphatic heterocycles. The van der Waals surface area contributed by atoms with Crippen LogP contribution in [0.2, 0.25) is 0 Å². The highest BCUT2D eigenvalue weighted by Crippen LogP contribution is 2.28. The second kappa shape index (κ2) is 5.74. The Balaban J connectivity index is 2.25. The Hall–Kier alpha value is -1.35. The monoisotopic (exact) mass is 260 g/mol. The molecule has 0 aromatic heterocycles. The first-order valence-electron chi connectivity index (χ1n) is 7.00. The molecule has 104 valence electrons. The normalized spacial score (nSPS) is 24.2. The molecular weight excluding hydrogens is 236 g/mol. The number of likely N-dealkylation sites (tertiary alicyclic amines) is 1. The highest BCUT2D eigenvalue weighted by molar-refractivity contribution is 5.73. The van der Waals surface area contributed by atoms with Crippen LogP contribution in [-0.2, 0) is 4.79 Å². The molecule has 0 bridgehead atoms. The molecule has 1 heterocycles. The highest BCUT2D eigenvalue weighted by Gasteiger charge is 2.29. The standard InChI is InChI=1S/C16H24N2O/c1-11-5-6-14(9-12(11)2)15-10-18(4)8-7-16(15)17-13(3)19/h5-6,9,15-16H,7-8,10H2,1-4H3,(H,17,19). The molecular formula is C16H24N2O. The molecule has 1 aliphatic rings. The number of nitrogens with one attached hydrogen (secondary N) is 1. The van der Waals surface area contributed by atoms with E-state index in [1.807, 2.05) is 0 Å². The first kappa shape index (κ1) is 14.1. The summed E-state index contributed by atoms with van der Waals surface area (Å²) >= 11 is 0. The van der Waals surface area contributed by atoms with E-state index in [-0.39, 0.29) is 11.9 Å². The van der Waals surface area contributed by atoms with E-state index in [4.69, 9.17) is 0 Å². The van der Waals surface area contributed by atoms with Crippen LogP contribution >= 0.6 is 0 Å². The van der Waals surface area contributed by atoms with Crippen LogP contribution in [0.3, 0.4) is 0 Å². The average molecular weight is 260 g/mol. The summed E-state index contributed by atoms with van der Waals surface area (Å²) in [7, 11) is 2.15. The molecule has 2 atom stereocenters. The maximum Gasteiger partial charge on any atom is 0.217 e. The Morgan fingerprint density at radius 1 is 1.32 bits per heavy atom. The number of hydrogen-bond donors (Lipinski definition) is 1. The van der Waals surface area contributed by atoms with Crippen molar-refractivity contribution in [3.63, 3.8) is 0 Å². The largest absolute Gasteiger partial charge is 0.353 e. The van der Waals surface area contributed by atoms with Crippen molar-refractivity contribution in [2.45, 2.75) is 39.2 Å². The van der Waals surface area contributed by atoms with Crippen LogP contribution < -0.4 is 5.32 Å². The van der Waals surface area contributed by atoms with Crippen molar-refractivity contribution in [1.82, 2.24) is 10.2 Å². The second-order valence-corrected chi connectivity index (χ2v) is 5.81. The zero-order valence-corrected chi connectivity index (χ0v) is 12.4. The van der Waals surface area contributed by atoms with Gasteiger partial charge in [-0.25, -0.2) is 0 Å². The van der Waals surface area contributed by atoms with Gasteiger partial charge in [0.05, 0.1) is 0 Å². The number of amides is 1. The summed E-state index contributed by atoms with van der Waals surface area (Å²) in [6.45, 7) is 7.95. The quantitative estimate of drug-likeness (QED) is 0.884. The number of aryl methyl sites for hydroxylation is 2. The lowest BCUT2D eigenvalue weighted by molar-refractivity contribution is -0.120. The molecule has 1 fully saturated rings. The minimum absolute atomic E-state index is 0.0726. The fraction of sp³-hybridized carbons (Fsp3) is 0.562. The van der Waals surface area contributed by atoms with Gasteiger partial charge < -0.3 is 10.2 Å². The van der Waals surface area contributed by atoms with Gasteiger partial charge >= 0.3 is 0 Å². The second-order valence-electron chi connectivity index (χ2n) is 5.81. The van der Waals surface area contributed by atoms with Crippen LogP contribution in [-0.4, -0.2) is 37.0 Å². The fourth-order valence-electron chi connectivity index (χ4n) is 2.88. The molecule has 3 nitrogen and oxygen atoms in total. The first-order chi connectivity index (χ1) is 8.97. The van der Waals surface area contributed by atoms with Crippen LogP contribution in [0, 0.1) is 13.8 Å². The lowest BCUT2D eigenvalue weighted by Crippen LogP contribution is -2.48. The molecule has 3 heteroatoms. The van der Waals surface area contributed by atoms with Crippen LogP contribution in [0.15, 0.2) is 18.2 Å². The lowest BCUT2D eigenvalue weighted by Gasteiger charge is -2.37. The molecule has 1 N–H and O–H groups in total. The maximum absolute atomic E-state index is 11.4. The maximum atomic E-state index is 11.4. The summed E-state index contributed by atoms with van der Waals surface area (Å²) in [5.74, 6) is 0.463. The fourth-order valence-corrected chi connectivity index (χ4v) is 2.88. The number of benzene rings is 1. The zero-order chi connectivity index (χ0) is 14.0.